The van der Waals surface area contributed by atoms with Gasteiger partial charge in [0, 0.05) is 43.9 Å². The smallest absolute Gasteiger partial charge is 0.335 e. The fraction of sp³-hybridized carbons (Fsp3) is 0.395. The summed E-state index contributed by atoms with van der Waals surface area (Å²) in [5, 5.41) is 10.1. The molecule has 2 fully saturated rings. The van der Waals surface area contributed by atoms with Crippen LogP contribution < -0.4 is 14.2 Å². The number of carbonyl (C=O) groups excluding carboxylic acids is 1. The zero-order chi connectivity index (χ0) is 36.3. The third-order valence-corrected chi connectivity index (χ3v) is 9.95. The molecule has 3 aromatic carbocycles. The summed E-state index contributed by atoms with van der Waals surface area (Å²) in [5.74, 6) is 0.777. The highest BCUT2D eigenvalue weighted by Gasteiger charge is 2.32. The first-order chi connectivity index (χ1) is 24.6. The molecule has 0 aromatic heterocycles. The highest BCUT2D eigenvalue weighted by atomic mass is 35.5. The van der Waals surface area contributed by atoms with Gasteiger partial charge in [0.1, 0.15) is 28.2 Å². The van der Waals surface area contributed by atoms with Crippen LogP contribution >= 0.6 is 35.6 Å². The van der Waals surface area contributed by atoms with Gasteiger partial charge in [0.25, 0.3) is 5.91 Å². The van der Waals surface area contributed by atoms with Crippen molar-refractivity contribution in [3.63, 3.8) is 0 Å². The van der Waals surface area contributed by atoms with Crippen LogP contribution in [0, 0.1) is 0 Å². The van der Waals surface area contributed by atoms with Crippen molar-refractivity contribution in [2.75, 3.05) is 73.3 Å². The molecule has 0 unspecified atom stereocenters. The summed E-state index contributed by atoms with van der Waals surface area (Å²) in [6.07, 6.45) is 3.26. The zero-order valence-electron chi connectivity index (χ0n) is 29.2. The predicted octanol–water partition coefficient (Wildman–Crippen LogP) is 6.94. The van der Waals surface area contributed by atoms with Crippen molar-refractivity contribution in [1.29, 1.82) is 0 Å². The first kappa shape index (κ1) is 38.6. The lowest BCUT2D eigenvalue weighted by atomic mass is 10.0. The second kappa shape index (κ2) is 18.7. The third-order valence-electron chi connectivity index (χ3n) is 8.28. The Morgan fingerprint density at radius 1 is 0.980 bits per heavy atom. The zero-order valence-corrected chi connectivity index (χ0v) is 31.6. The van der Waals surface area contributed by atoms with E-state index < -0.39 is 5.97 Å². The molecular formula is C38H44ClN3O7S2. The monoisotopic (exact) mass is 753 g/mol. The van der Waals surface area contributed by atoms with Gasteiger partial charge in [0.05, 0.1) is 41.9 Å². The third kappa shape index (κ3) is 10.7. The van der Waals surface area contributed by atoms with E-state index in [2.05, 4.69) is 4.90 Å². The maximum absolute atomic E-state index is 13.7. The summed E-state index contributed by atoms with van der Waals surface area (Å²) in [6, 6.07) is 16.5. The van der Waals surface area contributed by atoms with Crippen LogP contribution in [0.5, 0.6) is 17.2 Å². The van der Waals surface area contributed by atoms with E-state index in [1.807, 2.05) is 68.4 Å². The molecule has 0 aliphatic carbocycles. The van der Waals surface area contributed by atoms with E-state index in [0.29, 0.717) is 84.0 Å². The number of aromatic carboxylic acids is 1. The first-order valence-electron chi connectivity index (χ1n) is 17.0. The van der Waals surface area contributed by atoms with E-state index in [0.717, 1.165) is 48.3 Å². The van der Waals surface area contributed by atoms with E-state index >= 15 is 0 Å². The van der Waals surface area contributed by atoms with Gasteiger partial charge in [-0.2, -0.15) is 0 Å². The first-order valence-corrected chi connectivity index (χ1v) is 18.6. The predicted molar refractivity (Wildman–Crippen MR) is 206 cm³/mol. The van der Waals surface area contributed by atoms with Crippen molar-refractivity contribution in [2.45, 2.75) is 26.3 Å². The van der Waals surface area contributed by atoms with Crippen LogP contribution in [-0.4, -0.2) is 109 Å². The minimum atomic E-state index is -0.984. The molecule has 1 amide bonds. The normalized spacial score (nSPS) is 15.9. The number of carboxylic acid groups (broad SMARTS) is 1. The summed E-state index contributed by atoms with van der Waals surface area (Å²) in [6.45, 7) is 7.94. The molecule has 1 N–H and O–H groups in total. The molecule has 5 rings (SSSR count). The van der Waals surface area contributed by atoms with Crippen molar-refractivity contribution in [2.24, 2.45) is 0 Å². The number of rotatable bonds is 17. The molecule has 13 heteroatoms. The average Bonchev–Trinajstić information content (AvgIpc) is 3.38. The van der Waals surface area contributed by atoms with Gasteiger partial charge >= 0.3 is 5.97 Å². The SMILES string of the molecule is CCCOc1ccc(-c2ccc(OCCN(C)C)c(/C=C3\SC(=S)N(CCCOc4ccc(C(=O)O)cc4CN4CCOCC4)C3=O)c2)cc1Cl. The molecule has 0 spiro atoms. The number of thioether (sulfide) groups is 1. The lowest BCUT2D eigenvalue weighted by Gasteiger charge is -2.27. The molecule has 272 valence electrons. The molecule has 0 saturated carbocycles. The number of nitrogens with zero attached hydrogens (tertiary/aromatic N) is 3. The summed E-state index contributed by atoms with van der Waals surface area (Å²) in [5.41, 5.74) is 3.61. The van der Waals surface area contributed by atoms with Crippen LogP contribution in [0.2, 0.25) is 5.02 Å². The van der Waals surface area contributed by atoms with Gasteiger partial charge < -0.3 is 29.0 Å². The molecule has 2 saturated heterocycles. The van der Waals surface area contributed by atoms with Gasteiger partial charge in [-0.25, -0.2) is 4.79 Å². The minimum absolute atomic E-state index is 0.172. The molecule has 2 aliphatic rings. The highest BCUT2D eigenvalue weighted by molar-refractivity contribution is 8.26. The molecule has 51 heavy (non-hydrogen) atoms. The van der Waals surface area contributed by atoms with Gasteiger partial charge in [0.2, 0.25) is 0 Å². The molecule has 10 nitrogen and oxygen atoms in total. The summed E-state index contributed by atoms with van der Waals surface area (Å²) >= 11 is 13.5. The van der Waals surface area contributed by atoms with Crippen LogP contribution in [-0.2, 0) is 16.1 Å². The maximum atomic E-state index is 13.7. The Kier molecular flexibility index (Phi) is 14.2. The second-order valence-electron chi connectivity index (χ2n) is 12.4. The van der Waals surface area contributed by atoms with E-state index in [1.165, 1.54) is 11.8 Å². The van der Waals surface area contributed by atoms with Gasteiger partial charge in [0.15, 0.2) is 0 Å². The van der Waals surface area contributed by atoms with Gasteiger partial charge in [-0.3, -0.25) is 14.6 Å². The number of ether oxygens (including phenoxy) is 4. The van der Waals surface area contributed by atoms with Crippen LogP contribution in [0.15, 0.2) is 59.5 Å². The number of carboxylic acids is 1. The second-order valence-corrected chi connectivity index (χ2v) is 14.5. The Balaban J connectivity index is 1.28. The number of benzene rings is 3. The number of amides is 1. The number of carbonyl (C=O) groups is 2. The summed E-state index contributed by atoms with van der Waals surface area (Å²) in [4.78, 5) is 31.7. The Labute approximate surface area is 314 Å². The molecular weight excluding hydrogens is 710 g/mol. The maximum Gasteiger partial charge on any atom is 0.335 e. The largest absolute Gasteiger partial charge is 0.493 e. The van der Waals surface area contributed by atoms with Crippen molar-refractivity contribution in [3.05, 3.63) is 81.2 Å². The minimum Gasteiger partial charge on any atom is -0.493 e. The van der Waals surface area contributed by atoms with Crippen LogP contribution in [0.4, 0.5) is 0 Å². The van der Waals surface area contributed by atoms with Crippen molar-refractivity contribution < 1.29 is 33.6 Å². The van der Waals surface area contributed by atoms with E-state index in [-0.39, 0.29) is 11.5 Å². The standard InChI is InChI=1S/C38H44ClN3O7S2/c1-4-16-47-34-11-7-27(23-31(34)39)26-6-9-32(49-20-13-40(2)3)29(21-26)24-35-36(43)42(38(50)51-35)12-5-17-48-33-10-8-28(37(44)45)22-30(33)25-41-14-18-46-19-15-41/h6-11,21-24H,4-5,12-20,25H2,1-3H3,(H,44,45)/b35-24-. The Morgan fingerprint density at radius 3 is 2.37 bits per heavy atom. The van der Waals surface area contributed by atoms with E-state index in [9.17, 15) is 14.7 Å². The average molecular weight is 754 g/mol. The van der Waals surface area contributed by atoms with Gasteiger partial charge in [-0.15, -0.1) is 0 Å². The highest BCUT2D eigenvalue weighted by Crippen LogP contribution is 2.37. The van der Waals surface area contributed by atoms with Crippen molar-refractivity contribution >= 4 is 57.9 Å². The number of halogens is 1. The van der Waals surface area contributed by atoms with E-state index in [1.54, 1.807) is 23.1 Å². The van der Waals surface area contributed by atoms with Crippen molar-refractivity contribution in [1.82, 2.24) is 14.7 Å². The van der Waals surface area contributed by atoms with Crippen LogP contribution in [0.3, 0.4) is 0 Å². The number of hydrogen-bond donors (Lipinski definition) is 1. The van der Waals surface area contributed by atoms with Crippen LogP contribution in [0.25, 0.3) is 17.2 Å². The Bertz CT molecular complexity index is 1750. The lowest BCUT2D eigenvalue weighted by Crippen LogP contribution is -2.35. The fourth-order valence-electron chi connectivity index (χ4n) is 5.54. The van der Waals surface area contributed by atoms with Crippen molar-refractivity contribution in [3.8, 4) is 28.4 Å². The summed E-state index contributed by atoms with van der Waals surface area (Å²) < 4.78 is 24.0. The Hall–Kier alpha value is -3.65. The fourth-order valence-corrected chi connectivity index (χ4v) is 7.07. The molecule has 0 bridgehead atoms. The molecule has 2 heterocycles. The molecule has 0 radical (unpaired) electrons. The summed E-state index contributed by atoms with van der Waals surface area (Å²) in [7, 11) is 3.97. The lowest BCUT2D eigenvalue weighted by molar-refractivity contribution is -0.122. The number of hydrogen-bond acceptors (Lipinski definition) is 10. The molecule has 0 atom stereocenters. The van der Waals surface area contributed by atoms with E-state index in [4.69, 9.17) is 42.8 Å². The number of likely N-dealkylation sites (N-methyl/N-ethyl adjacent to an activating group) is 1. The number of morpholine rings is 1. The number of thiocarbonyl (C=S) groups is 1. The molecule has 3 aromatic rings. The quantitative estimate of drug-likeness (QED) is 0.0882. The van der Waals surface area contributed by atoms with Gasteiger partial charge in [-0.1, -0.05) is 54.6 Å². The van der Waals surface area contributed by atoms with Gasteiger partial charge in [-0.05, 0) is 86.6 Å². The van der Waals surface area contributed by atoms with Crippen LogP contribution in [0.1, 0.15) is 41.3 Å². The Morgan fingerprint density at radius 2 is 1.67 bits per heavy atom. The topological polar surface area (TPSA) is 101 Å². The molecule has 2 aliphatic heterocycles.